The summed E-state index contributed by atoms with van der Waals surface area (Å²) < 4.78 is 9.07. The maximum atomic E-state index is 12.1. The van der Waals surface area contributed by atoms with E-state index in [1.54, 1.807) is 0 Å². The van der Waals surface area contributed by atoms with E-state index in [1.165, 1.54) is 0 Å². The number of halogens is 1. The van der Waals surface area contributed by atoms with Crippen LogP contribution in [0, 0.1) is 0 Å². The minimum Gasteiger partial charge on any atom is -0.481 e. The van der Waals surface area contributed by atoms with Gasteiger partial charge in [-0.2, -0.15) is 0 Å². The first-order valence-electron chi connectivity index (χ1n) is 9.00. The lowest BCUT2D eigenvalue weighted by atomic mass is 9.94. The third kappa shape index (κ3) is 10.7. The Morgan fingerprint density at radius 3 is 1.23 bits per heavy atom. The number of hydrogen-bond donors (Lipinski definition) is 7. The maximum Gasteiger partial charge on any atom is 0.349 e. The molecule has 0 fully saturated rings. The highest BCUT2D eigenvalue weighted by atomic mass is 35.5. The third-order valence-electron chi connectivity index (χ3n) is 4.09. The second-order valence-corrected chi connectivity index (χ2v) is 6.92. The number of carboxylic acid groups (broad SMARTS) is 6. The quantitative estimate of drug-likeness (QED) is 0.107. The lowest BCUT2D eigenvalue weighted by molar-refractivity contribution is -0.187. The van der Waals surface area contributed by atoms with Gasteiger partial charge in [0.05, 0.1) is 25.7 Å². The minimum absolute atomic E-state index is 0. The van der Waals surface area contributed by atoms with E-state index in [1.807, 2.05) is 0 Å². The Morgan fingerprint density at radius 2 is 0.943 bits per heavy atom. The summed E-state index contributed by atoms with van der Waals surface area (Å²) in [5.41, 5.74) is -0.574. The van der Waals surface area contributed by atoms with Crippen molar-refractivity contribution in [2.45, 2.75) is 55.8 Å². The van der Waals surface area contributed by atoms with Gasteiger partial charge < -0.3 is 45.8 Å². The van der Waals surface area contributed by atoms with Crippen molar-refractivity contribution in [3.05, 3.63) is 0 Å². The Labute approximate surface area is 200 Å². The molecule has 198 valence electrons. The normalized spacial score (nSPS) is 11.8. The van der Waals surface area contributed by atoms with E-state index >= 15 is 0 Å². The van der Waals surface area contributed by atoms with Crippen LogP contribution >= 0.6 is 12.4 Å². The minimum atomic E-state index is -3.03. The van der Waals surface area contributed by atoms with Crippen LogP contribution in [0.4, 0.5) is 0 Å². The van der Waals surface area contributed by atoms with Gasteiger partial charge in [0, 0.05) is 6.42 Å². The molecule has 0 heterocycles. The summed E-state index contributed by atoms with van der Waals surface area (Å²) in [7, 11) is 0. The van der Waals surface area contributed by atoms with Gasteiger partial charge in [-0.15, -0.1) is 12.4 Å². The van der Waals surface area contributed by atoms with Crippen molar-refractivity contribution in [2.75, 3.05) is 0 Å². The second-order valence-electron chi connectivity index (χ2n) is 6.92. The van der Waals surface area contributed by atoms with Crippen LogP contribution in [0.1, 0.15) is 38.5 Å². The largest absolute Gasteiger partial charge is 0.481 e. The smallest absolute Gasteiger partial charge is 0.349 e. The highest BCUT2D eigenvalue weighted by Crippen LogP contribution is 2.25. The van der Waals surface area contributed by atoms with Crippen LogP contribution < -0.4 is 5.73 Å². The van der Waals surface area contributed by atoms with Gasteiger partial charge in [0.25, 0.3) is 0 Å². The van der Waals surface area contributed by atoms with Crippen LogP contribution in [0.2, 0.25) is 0 Å². The highest BCUT2D eigenvalue weighted by Gasteiger charge is 2.49. The molecular formula is C17H22ClNO16. The van der Waals surface area contributed by atoms with Crippen molar-refractivity contribution >= 4 is 60.2 Å². The van der Waals surface area contributed by atoms with Gasteiger partial charge in [-0.1, -0.05) is 0 Å². The summed E-state index contributed by atoms with van der Waals surface area (Å²) in [6.07, 6.45) is -7.38. The van der Waals surface area contributed by atoms with Crippen LogP contribution in [-0.4, -0.2) is 95.6 Å². The molecule has 0 bridgehead atoms. The van der Waals surface area contributed by atoms with Crippen LogP contribution in [0.3, 0.4) is 0 Å². The summed E-state index contributed by atoms with van der Waals surface area (Å²) in [4.78, 5) is 90.7. The van der Waals surface area contributed by atoms with Gasteiger partial charge in [0.2, 0.25) is 11.2 Å². The number of rotatable bonds is 16. The monoisotopic (exact) mass is 531 g/mol. The zero-order valence-electron chi connectivity index (χ0n) is 17.6. The van der Waals surface area contributed by atoms with E-state index in [-0.39, 0.29) is 12.4 Å². The number of carbonyl (C=O) groups excluding carboxylic acids is 2. The number of hydrogen-bond acceptors (Lipinski definition) is 11. The molecule has 0 radical (unpaired) electrons. The Hall–Kier alpha value is -3.99. The molecule has 0 rings (SSSR count). The fourth-order valence-electron chi connectivity index (χ4n) is 2.56. The van der Waals surface area contributed by atoms with Crippen molar-refractivity contribution < 1.29 is 78.5 Å². The molecule has 0 saturated carbocycles. The number of aliphatic carboxylic acids is 6. The maximum absolute atomic E-state index is 12.1. The van der Waals surface area contributed by atoms with Gasteiger partial charge >= 0.3 is 47.8 Å². The zero-order chi connectivity index (χ0) is 26.9. The van der Waals surface area contributed by atoms with Gasteiger partial charge in [-0.05, 0) is 6.42 Å². The van der Waals surface area contributed by atoms with Crippen molar-refractivity contribution in [3.8, 4) is 0 Å². The molecule has 0 aromatic rings. The van der Waals surface area contributed by atoms with Crippen LogP contribution in [0.15, 0.2) is 0 Å². The van der Waals surface area contributed by atoms with Crippen LogP contribution in [0.5, 0.6) is 0 Å². The second kappa shape index (κ2) is 13.7. The predicted octanol–water partition coefficient (Wildman–Crippen LogP) is -1.85. The first-order chi connectivity index (χ1) is 15.5. The number of nitrogens with two attached hydrogens (primary N) is 1. The molecule has 0 aliphatic rings. The summed E-state index contributed by atoms with van der Waals surface area (Å²) in [5.74, 6) is -14.6. The standard InChI is InChI=1S/C17H21NO16.ClH/c18-7(13(28)34-17(15(31)32,5-10(23)24)6-11(25)26)1-2-12(27)33-16(14(29)30,3-8(19)20)4-9(21)22;/h7H,1-6,18H2,(H,19,20)(H,21,22)(H,23,24)(H,25,26)(H,29,30)(H,31,32);1H/t7-;/m0./s1. The van der Waals surface area contributed by atoms with E-state index in [0.29, 0.717) is 0 Å². The molecule has 0 aliphatic heterocycles. The first-order valence-corrected chi connectivity index (χ1v) is 9.00. The molecule has 18 heteroatoms. The fourth-order valence-corrected chi connectivity index (χ4v) is 2.56. The fraction of sp³-hybridized carbons (Fsp3) is 0.529. The molecule has 0 unspecified atom stereocenters. The molecule has 1 atom stereocenters. The number of ether oxygens (including phenoxy) is 2. The van der Waals surface area contributed by atoms with E-state index in [0.717, 1.165) is 0 Å². The number of carbonyl (C=O) groups is 8. The Morgan fingerprint density at radius 1 is 0.629 bits per heavy atom. The molecule has 0 aromatic heterocycles. The zero-order valence-corrected chi connectivity index (χ0v) is 18.4. The number of esters is 2. The third-order valence-corrected chi connectivity index (χ3v) is 4.09. The van der Waals surface area contributed by atoms with E-state index < -0.39 is 104 Å². The molecule has 0 amide bonds. The molecular weight excluding hydrogens is 510 g/mol. The highest BCUT2D eigenvalue weighted by molar-refractivity contribution is 5.92. The van der Waals surface area contributed by atoms with Gasteiger partial charge in [0.15, 0.2) is 0 Å². The molecule has 0 spiro atoms. The van der Waals surface area contributed by atoms with E-state index in [2.05, 4.69) is 9.47 Å². The average molecular weight is 532 g/mol. The van der Waals surface area contributed by atoms with E-state index in [4.69, 9.17) is 26.2 Å². The van der Waals surface area contributed by atoms with Crippen molar-refractivity contribution in [2.24, 2.45) is 5.73 Å². The summed E-state index contributed by atoms with van der Waals surface area (Å²) in [5, 5.41) is 53.8. The lowest BCUT2D eigenvalue weighted by Crippen LogP contribution is -2.50. The summed E-state index contributed by atoms with van der Waals surface area (Å²) in [6, 6.07) is -1.87. The Bertz CT molecular complexity index is 851. The predicted molar refractivity (Wildman–Crippen MR) is 106 cm³/mol. The van der Waals surface area contributed by atoms with Gasteiger partial charge in [0.1, 0.15) is 6.04 Å². The summed E-state index contributed by atoms with van der Waals surface area (Å²) >= 11 is 0. The molecule has 0 aromatic carbocycles. The molecule has 0 saturated heterocycles. The number of carboxylic acids is 6. The summed E-state index contributed by atoms with van der Waals surface area (Å²) in [6.45, 7) is 0. The first kappa shape index (κ1) is 33.2. The lowest BCUT2D eigenvalue weighted by Gasteiger charge is -2.28. The Kier molecular flexibility index (Phi) is 12.9. The van der Waals surface area contributed by atoms with Crippen molar-refractivity contribution in [1.29, 1.82) is 0 Å². The molecule has 17 nitrogen and oxygen atoms in total. The average Bonchev–Trinajstić information content (AvgIpc) is 2.63. The van der Waals surface area contributed by atoms with Crippen molar-refractivity contribution in [1.82, 2.24) is 0 Å². The topological polar surface area (TPSA) is 302 Å². The molecule has 8 N–H and O–H groups in total. The molecule has 35 heavy (non-hydrogen) atoms. The van der Waals surface area contributed by atoms with Gasteiger partial charge in [-0.25, -0.2) is 9.59 Å². The van der Waals surface area contributed by atoms with Crippen LogP contribution in [-0.2, 0) is 47.8 Å². The molecule has 0 aliphatic carbocycles. The van der Waals surface area contributed by atoms with Crippen molar-refractivity contribution in [3.63, 3.8) is 0 Å². The van der Waals surface area contributed by atoms with E-state index in [9.17, 15) is 48.6 Å². The Balaban J connectivity index is 0. The van der Waals surface area contributed by atoms with Crippen LogP contribution in [0.25, 0.3) is 0 Å². The van der Waals surface area contributed by atoms with Gasteiger partial charge in [-0.3, -0.25) is 28.8 Å². The SMILES string of the molecule is Cl.N[C@@H](CCC(=O)OC(CC(=O)O)(CC(=O)O)C(=O)O)C(=O)OC(CC(=O)O)(CC(=O)O)C(=O)O.